The molecule has 1 unspecified atom stereocenters. The predicted octanol–water partition coefficient (Wildman–Crippen LogP) is 3.95. The average molecular weight is 400 g/mol. The van der Waals surface area contributed by atoms with E-state index in [1.54, 1.807) is 0 Å². The number of carbonyl (C=O) groups excluding carboxylic acids is 1. The number of fused-ring (bicyclic) bond motifs is 1. The Morgan fingerprint density at radius 2 is 1.85 bits per heavy atom. The van der Waals surface area contributed by atoms with Crippen LogP contribution in [0.4, 0.5) is 5.69 Å². The fraction of sp³-hybridized carbons (Fsp3) is 0.133. The zero-order chi connectivity index (χ0) is 14.1. The molecule has 0 aliphatic carbocycles. The minimum absolute atomic E-state index is 0.0633. The molecule has 1 N–H and O–H groups in total. The van der Waals surface area contributed by atoms with Gasteiger partial charge in [0, 0.05) is 3.57 Å². The smallest absolute Gasteiger partial charge is 0.262 e. The van der Waals surface area contributed by atoms with Crippen LogP contribution in [0.3, 0.4) is 0 Å². The topological polar surface area (TPSA) is 38.3 Å². The number of hydrogen-bond donors (Lipinski definition) is 1. The number of alkyl halides is 1. The molecule has 20 heavy (non-hydrogen) atoms. The first-order chi connectivity index (χ1) is 9.63. The number of rotatable bonds is 2. The molecule has 1 heterocycles. The van der Waals surface area contributed by atoms with E-state index < -0.39 is 0 Å². The highest BCUT2D eigenvalue weighted by Crippen LogP contribution is 2.35. The van der Waals surface area contributed by atoms with E-state index in [1.165, 1.54) is 3.57 Å². The summed E-state index contributed by atoms with van der Waals surface area (Å²) in [5.41, 5.74) is 2.63. The predicted molar refractivity (Wildman–Crippen MR) is 87.4 cm³/mol. The Labute approximate surface area is 135 Å². The minimum atomic E-state index is -0.254. The third-order valence-electron chi connectivity index (χ3n) is 3.09. The van der Waals surface area contributed by atoms with Gasteiger partial charge in [0.2, 0.25) is 0 Å². The maximum absolute atomic E-state index is 11.3. The van der Waals surface area contributed by atoms with Gasteiger partial charge in [-0.1, -0.05) is 18.2 Å². The second kappa shape index (κ2) is 5.61. The molecule has 0 fully saturated rings. The van der Waals surface area contributed by atoms with E-state index in [0.717, 1.165) is 11.1 Å². The van der Waals surface area contributed by atoms with Crippen molar-refractivity contribution in [2.75, 3.05) is 11.9 Å². The van der Waals surface area contributed by atoms with Gasteiger partial charge in [-0.2, -0.15) is 0 Å². The fourth-order valence-corrected chi connectivity index (χ4v) is 2.72. The van der Waals surface area contributed by atoms with E-state index in [4.69, 9.17) is 16.3 Å². The van der Waals surface area contributed by atoms with Crippen LogP contribution in [0.5, 0.6) is 5.75 Å². The number of anilines is 1. The molecule has 1 atom stereocenters. The molecular weight excluding hydrogens is 389 g/mol. The van der Waals surface area contributed by atoms with Gasteiger partial charge in [-0.25, -0.2) is 0 Å². The van der Waals surface area contributed by atoms with Crippen LogP contribution in [-0.2, 0) is 4.79 Å². The van der Waals surface area contributed by atoms with Gasteiger partial charge in [0.25, 0.3) is 5.91 Å². The molecule has 1 aliphatic heterocycles. The maximum atomic E-state index is 11.3. The summed E-state index contributed by atoms with van der Waals surface area (Å²) >= 11 is 8.76. The fourth-order valence-electron chi connectivity index (χ4n) is 2.08. The summed E-state index contributed by atoms with van der Waals surface area (Å²) in [5.74, 6) is 0.537. The molecule has 0 spiro atoms. The van der Waals surface area contributed by atoms with Gasteiger partial charge in [-0.15, -0.1) is 11.6 Å². The highest BCUT2D eigenvalue weighted by Gasteiger charge is 2.18. The van der Waals surface area contributed by atoms with Gasteiger partial charge in [0.05, 0.1) is 11.1 Å². The van der Waals surface area contributed by atoms with Crippen molar-refractivity contribution in [1.82, 2.24) is 0 Å². The van der Waals surface area contributed by atoms with Crippen LogP contribution < -0.4 is 10.1 Å². The highest BCUT2D eigenvalue weighted by molar-refractivity contribution is 14.1. The minimum Gasteiger partial charge on any atom is -0.482 e. The Kier molecular flexibility index (Phi) is 3.85. The number of nitrogens with one attached hydrogen (secondary N) is 1. The van der Waals surface area contributed by atoms with Crippen LogP contribution in [-0.4, -0.2) is 12.5 Å². The van der Waals surface area contributed by atoms with Gasteiger partial charge in [-0.3, -0.25) is 4.79 Å². The molecule has 0 aromatic heterocycles. The van der Waals surface area contributed by atoms with Gasteiger partial charge < -0.3 is 10.1 Å². The number of hydrogen-bond acceptors (Lipinski definition) is 2. The number of halogens is 2. The molecule has 3 rings (SSSR count). The Morgan fingerprint density at radius 3 is 2.60 bits per heavy atom. The Morgan fingerprint density at radius 1 is 1.15 bits per heavy atom. The van der Waals surface area contributed by atoms with E-state index in [1.807, 2.05) is 42.5 Å². The van der Waals surface area contributed by atoms with Gasteiger partial charge >= 0.3 is 0 Å². The Balaban J connectivity index is 1.92. The summed E-state index contributed by atoms with van der Waals surface area (Å²) in [5, 5.41) is 2.54. The number of benzene rings is 2. The molecule has 2 aromatic rings. The summed E-state index contributed by atoms with van der Waals surface area (Å²) in [6.45, 7) is 0.0633. The molecule has 1 amide bonds. The van der Waals surface area contributed by atoms with Crippen molar-refractivity contribution in [2.24, 2.45) is 0 Å². The SMILES string of the molecule is O=C1COc2ccc(C(Cl)c3ccc(I)cc3)cc2N1. The largest absolute Gasteiger partial charge is 0.482 e. The van der Waals surface area contributed by atoms with Crippen LogP contribution in [0.1, 0.15) is 16.5 Å². The quantitative estimate of drug-likeness (QED) is 0.613. The van der Waals surface area contributed by atoms with Crippen LogP contribution in [0.15, 0.2) is 42.5 Å². The van der Waals surface area contributed by atoms with E-state index in [2.05, 4.69) is 27.9 Å². The molecule has 0 saturated heterocycles. The standard InChI is InChI=1S/C15H11ClINO2/c16-15(9-1-4-11(17)5-2-9)10-3-6-13-12(7-10)18-14(19)8-20-13/h1-7,15H,8H2,(H,18,19). The Hall–Kier alpha value is -1.27. The number of carbonyl (C=O) groups is 1. The highest BCUT2D eigenvalue weighted by atomic mass is 127. The molecular formula is C15H11ClINO2. The third kappa shape index (κ3) is 2.76. The zero-order valence-corrected chi connectivity index (χ0v) is 13.3. The summed E-state index contributed by atoms with van der Waals surface area (Å²) in [7, 11) is 0. The first-order valence-corrected chi connectivity index (χ1v) is 7.61. The van der Waals surface area contributed by atoms with Crippen LogP contribution in [0.25, 0.3) is 0 Å². The van der Waals surface area contributed by atoms with E-state index >= 15 is 0 Å². The second-order valence-electron chi connectivity index (χ2n) is 4.51. The van der Waals surface area contributed by atoms with Crippen LogP contribution >= 0.6 is 34.2 Å². The molecule has 3 nitrogen and oxygen atoms in total. The van der Waals surface area contributed by atoms with Gasteiger partial charge in [0.15, 0.2) is 6.61 Å². The molecule has 1 aliphatic rings. The number of amides is 1. The Bertz CT molecular complexity index is 657. The lowest BCUT2D eigenvalue weighted by Gasteiger charge is -2.20. The molecule has 0 radical (unpaired) electrons. The summed E-state index contributed by atoms with van der Waals surface area (Å²) in [6.07, 6.45) is 0. The van der Waals surface area contributed by atoms with Crippen molar-refractivity contribution in [1.29, 1.82) is 0 Å². The lowest BCUT2D eigenvalue weighted by atomic mass is 10.0. The van der Waals surface area contributed by atoms with E-state index in [-0.39, 0.29) is 17.9 Å². The van der Waals surface area contributed by atoms with Crippen molar-refractivity contribution in [2.45, 2.75) is 5.38 Å². The van der Waals surface area contributed by atoms with Crippen molar-refractivity contribution in [3.05, 3.63) is 57.2 Å². The normalized spacial score (nSPS) is 15.0. The maximum Gasteiger partial charge on any atom is 0.262 e. The molecule has 102 valence electrons. The van der Waals surface area contributed by atoms with Gasteiger partial charge in [-0.05, 0) is 58.0 Å². The van der Waals surface area contributed by atoms with Crippen molar-refractivity contribution >= 4 is 45.8 Å². The summed E-state index contributed by atoms with van der Waals surface area (Å²) in [6, 6.07) is 13.7. The first kappa shape index (κ1) is 13.7. The van der Waals surface area contributed by atoms with Crippen molar-refractivity contribution in [3.8, 4) is 5.75 Å². The molecule has 0 bridgehead atoms. The first-order valence-electron chi connectivity index (χ1n) is 6.09. The average Bonchev–Trinajstić information content (AvgIpc) is 2.46. The van der Waals surface area contributed by atoms with Crippen LogP contribution in [0, 0.1) is 3.57 Å². The molecule has 2 aromatic carbocycles. The second-order valence-corrected chi connectivity index (χ2v) is 6.19. The number of ether oxygens (including phenoxy) is 1. The van der Waals surface area contributed by atoms with Crippen LogP contribution in [0.2, 0.25) is 0 Å². The zero-order valence-electron chi connectivity index (χ0n) is 10.4. The molecule has 5 heteroatoms. The molecule has 0 saturated carbocycles. The summed E-state index contributed by atoms with van der Waals surface area (Å²) in [4.78, 5) is 11.3. The van der Waals surface area contributed by atoms with E-state index in [9.17, 15) is 4.79 Å². The van der Waals surface area contributed by atoms with E-state index in [0.29, 0.717) is 11.4 Å². The van der Waals surface area contributed by atoms with Gasteiger partial charge in [0.1, 0.15) is 5.75 Å². The lowest BCUT2D eigenvalue weighted by Crippen LogP contribution is -2.25. The van der Waals surface area contributed by atoms with Crippen molar-refractivity contribution < 1.29 is 9.53 Å². The lowest BCUT2D eigenvalue weighted by molar-refractivity contribution is -0.118. The monoisotopic (exact) mass is 399 g/mol. The summed E-state index contributed by atoms with van der Waals surface area (Å²) < 4.78 is 6.50. The van der Waals surface area contributed by atoms with Crippen molar-refractivity contribution in [3.63, 3.8) is 0 Å². The third-order valence-corrected chi connectivity index (χ3v) is 4.31.